The number of nitrogens with one attached hydrogen (secondary N) is 1. The molecule has 0 amide bonds. The van der Waals surface area contributed by atoms with Crippen LogP contribution in [0.1, 0.15) is 33.3 Å². The molecule has 0 radical (unpaired) electrons. The van der Waals surface area contributed by atoms with E-state index in [1.54, 1.807) is 0 Å². The molecule has 0 fully saturated rings. The van der Waals surface area contributed by atoms with Gasteiger partial charge in [0.25, 0.3) is 0 Å². The summed E-state index contributed by atoms with van der Waals surface area (Å²) in [5.41, 5.74) is 0.374. The van der Waals surface area contributed by atoms with Crippen LogP contribution >= 0.6 is 0 Å². The van der Waals surface area contributed by atoms with Gasteiger partial charge in [-0.3, -0.25) is 0 Å². The molecule has 0 spiro atoms. The molecule has 21 heavy (non-hydrogen) atoms. The summed E-state index contributed by atoms with van der Waals surface area (Å²) in [7, 11) is -3.57. The first-order chi connectivity index (χ1) is 9.82. The van der Waals surface area contributed by atoms with Crippen molar-refractivity contribution < 1.29 is 12.8 Å². The average molecular weight is 316 g/mol. The molecule has 0 aliphatic carbocycles. The van der Waals surface area contributed by atoms with Gasteiger partial charge in [0.15, 0.2) is 0 Å². The normalized spacial score (nSPS) is 12.3. The van der Waals surface area contributed by atoms with Crippen molar-refractivity contribution in [1.82, 2.24) is 9.62 Å². The fourth-order valence-electron chi connectivity index (χ4n) is 2.06. The van der Waals surface area contributed by atoms with E-state index < -0.39 is 10.0 Å². The molecule has 0 unspecified atom stereocenters. The van der Waals surface area contributed by atoms with E-state index in [2.05, 4.69) is 5.32 Å². The van der Waals surface area contributed by atoms with Gasteiger partial charge >= 0.3 is 0 Å². The molecule has 1 rings (SSSR count). The zero-order valence-electron chi connectivity index (χ0n) is 13.2. The van der Waals surface area contributed by atoms with Gasteiger partial charge < -0.3 is 5.32 Å². The van der Waals surface area contributed by atoms with Gasteiger partial charge in [-0.1, -0.05) is 27.7 Å². The van der Waals surface area contributed by atoms with Crippen LogP contribution in [0.15, 0.2) is 23.1 Å². The Balaban J connectivity index is 3.12. The molecule has 0 atom stereocenters. The summed E-state index contributed by atoms with van der Waals surface area (Å²) >= 11 is 0. The SMILES string of the molecule is CCNCc1cc(S(=O)(=O)N(CC)CC(C)C)ccc1F. The summed E-state index contributed by atoms with van der Waals surface area (Å²) in [6, 6.07) is 3.99. The van der Waals surface area contributed by atoms with Crippen molar-refractivity contribution in [3.05, 3.63) is 29.6 Å². The van der Waals surface area contributed by atoms with Crippen LogP contribution in [-0.2, 0) is 16.6 Å². The second-order valence-corrected chi connectivity index (χ2v) is 7.32. The zero-order valence-corrected chi connectivity index (χ0v) is 14.0. The number of hydrogen-bond donors (Lipinski definition) is 1. The van der Waals surface area contributed by atoms with Gasteiger partial charge in [-0.15, -0.1) is 0 Å². The highest BCUT2D eigenvalue weighted by atomic mass is 32.2. The maximum Gasteiger partial charge on any atom is 0.243 e. The zero-order chi connectivity index (χ0) is 16.0. The molecule has 1 aromatic carbocycles. The van der Waals surface area contributed by atoms with Crippen LogP contribution in [0.5, 0.6) is 0 Å². The number of benzene rings is 1. The highest BCUT2D eigenvalue weighted by Gasteiger charge is 2.24. The number of rotatable bonds is 8. The van der Waals surface area contributed by atoms with E-state index in [0.717, 1.165) is 0 Å². The number of sulfonamides is 1. The van der Waals surface area contributed by atoms with Gasteiger partial charge in [0, 0.05) is 25.2 Å². The maximum atomic E-state index is 13.7. The Morgan fingerprint density at radius 3 is 2.48 bits per heavy atom. The molecule has 1 aromatic rings. The van der Waals surface area contributed by atoms with Crippen molar-refractivity contribution in [3.63, 3.8) is 0 Å². The summed E-state index contributed by atoms with van der Waals surface area (Å²) in [5.74, 6) is -0.150. The van der Waals surface area contributed by atoms with E-state index in [1.165, 1.54) is 22.5 Å². The molecular weight excluding hydrogens is 291 g/mol. The Morgan fingerprint density at radius 2 is 1.95 bits per heavy atom. The Kier molecular flexibility index (Phi) is 6.77. The Morgan fingerprint density at radius 1 is 1.29 bits per heavy atom. The van der Waals surface area contributed by atoms with Gasteiger partial charge in [0.2, 0.25) is 10.0 Å². The Hall–Kier alpha value is -0.980. The molecule has 4 nitrogen and oxygen atoms in total. The average Bonchev–Trinajstić information content (AvgIpc) is 2.43. The second-order valence-electron chi connectivity index (χ2n) is 5.38. The molecule has 1 N–H and O–H groups in total. The smallest absolute Gasteiger partial charge is 0.243 e. The molecule has 0 saturated carbocycles. The monoisotopic (exact) mass is 316 g/mol. The molecule has 6 heteroatoms. The lowest BCUT2D eigenvalue weighted by Gasteiger charge is -2.22. The minimum Gasteiger partial charge on any atom is -0.313 e. The highest BCUT2D eigenvalue weighted by Crippen LogP contribution is 2.20. The van der Waals surface area contributed by atoms with Crippen molar-refractivity contribution in [2.75, 3.05) is 19.6 Å². The van der Waals surface area contributed by atoms with Crippen molar-refractivity contribution in [1.29, 1.82) is 0 Å². The largest absolute Gasteiger partial charge is 0.313 e. The molecule has 0 bridgehead atoms. The van der Waals surface area contributed by atoms with Crippen molar-refractivity contribution in [3.8, 4) is 0 Å². The number of nitrogens with zero attached hydrogens (tertiary/aromatic N) is 1. The fraction of sp³-hybridized carbons (Fsp3) is 0.600. The minimum atomic E-state index is -3.57. The van der Waals surface area contributed by atoms with Crippen LogP contribution < -0.4 is 5.32 Å². The third-order valence-corrected chi connectivity index (χ3v) is 5.08. The van der Waals surface area contributed by atoms with Gasteiger partial charge in [0.1, 0.15) is 5.82 Å². The van der Waals surface area contributed by atoms with E-state index in [-0.39, 0.29) is 16.6 Å². The molecule has 0 aliphatic heterocycles. The molecule has 120 valence electrons. The van der Waals surface area contributed by atoms with Crippen LogP contribution in [0.4, 0.5) is 4.39 Å². The molecule has 0 aromatic heterocycles. The Bertz CT molecular complexity index is 559. The van der Waals surface area contributed by atoms with Crippen LogP contribution in [0.25, 0.3) is 0 Å². The third-order valence-electron chi connectivity index (χ3n) is 3.14. The summed E-state index contributed by atoms with van der Waals surface area (Å²) in [6.07, 6.45) is 0. The van der Waals surface area contributed by atoms with Gasteiger partial charge in [-0.25, -0.2) is 12.8 Å². The molecule has 0 aliphatic rings. The highest BCUT2D eigenvalue weighted by molar-refractivity contribution is 7.89. The van der Waals surface area contributed by atoms with Crippen molar-refractivity contribution in [2.24, 2.45) is 5.92 Å². The summed E-state index contributed by atoms with van der Waals surface area (Å²) < 4.78 is 40.4. The van der Waals surface area contributed by atoms with E-state index in [9.17, 15) is 12.8 Å². The first kappa shape index (κ1) is 18.1. The van der Waals surface area contributed by atoms with E-state index >= 15 is 0 Å². The summed E-state index contributed by atoms with van der Waals surface area (Å²) in [6.45, 7) is 9.55. The maximum absolute atomic E-state index is 13.7. The second kappa shape index (κ2) is 7.87. The van der Waals surface area contributed by atoms with Gasteiger partial charge in [-0.05, 0) is 30.7 Å². The van der Waals surface area contributed by atoms with Crippen LogP contribution in [0.2, 0.25) is 0 Å². The first-order valence-corrected chi connectivity index (χ1v) is 8.76. The third kappa shape index (κ3) is 4.76. The van der Waals surface area contributed by atoms with Gasteiger partial charge in [0.05, 0.1) is 4.90 Å². The topological polar surface area (TPSA) is 49.4 Å². The van der Waals surface area contributed by atoms with Crippen molar-refractivity contribution in [2.45, 2.75) is 39.1 Å². The van der Waals surface area contributed by atoms with E-state index in [4.69, 9.17) is 0 Å². The quantitative estimate of drug-likeness (QED) is 0.802. The minimum absolute atomic E-state index is 0.152. The van der Waals surface area contributed by atoms with E-state index in [1.807, 2.05) is 27.7 Å². The van der Waals surface area contributed by atoms with Crippen molar-refractivity contribution >= 4 is 10.0 Å². The van der Waals surface area contributed by atoms with Gasteiger partial charge in [-0.2, -0.15) is 4.31 Å². The van der Waals surface area contributed by atoms with E-state index in [0.29, 0.717) is 31.7 Å². The molecular formula is C15H25FN2O2S. The van der Waals surface area contributed by atoms with Crippen LogP contribution in [0, 0.1) is 11.7 Å². The number of hydrogen-bond acceptors (Lipinski definition) is 3. The predicted octanol–water partition coefficient (Wildman–Crippen LogP) is 2.60. The fourth-order valence-corrected chi connectivity index (χ4v) is 3.72. The first-order valence-electron chi connectivity index (χ1n) is 7.32. The van der Waals surface area contributed by atoms with Crippen LogP contribution in [0.3, 0.4) is 0 Å². The summed E-state index contributed by atoms with van der Waals surface area (Å²) in [5, 5.41) is 3.01. The Labute approximate surface area is 127 Å². The molecule has 0 saturated heterocycles. The lowest BCUT2D eigenvalue weighted by atomic mass is 10.2. The van der Waals surface area contributed by atoms with Crippen LogP contribution in [-0.4, -0.2) is 32.4 Å². The standard InChI is InChI=1S/C15H25FN2O2S/c1-5-17-10-13-9-14(7-8-15(13)16)21(19,20)18(6-2)11-12(3)4/h7-9,12,17H,5-6,10-11H2,1-4H3. The number of halogens is 1. The lowest BCUT2D eigenvalue weighted by molar-refractivity contribution is 0.380. The lowest BCUT2D eigenvalue weighted by Crippen LogP contribution is -2.34. The predicted molar refractivity (Wildman–Crippen MR) is 83.1 cm³/mol. The molecule has 0 heterocycles. The summed E-state index contributed by atoms with van der Waals surface area (Å²) in [4.78, 5) is 0.152.